The lowest BCUT2D eigenvalue weighted by molar-refractivity contribution is -0.483. The molecule has 0 aliphatic carbocycles. The van der Waals surface area contributed by atoms with Crippen LogP contribution in [-0.2, 0) is 4.79 Å². The van der Waals surface area contributed by atoms with Crippen LogP contribution in [0.4, 0.5) is 0 Å². The van der Waals surface area contributed by atoms with E-state index in [1.165, 1.54) is 6.92 Å². The molecular weight excluding hydrogens is 290 g/mol. The molecule has 0 saturated carbocycles. The third-order valence-corrected chi connectivity index (χ3v) is 4.12. The van der Waals surface area contributed by atoms with Gasteiger partial charge in [0.05, 0.1) is 5.92 Å². The number of carbonyl (C=O) groups excluding carboxylic acids is 1. The van der Waals surface area contributed by atoms with E-state index in [9.17, 15) is 14.9 Å². The van der Waals surface area contributed by atoms with Crippen molar-refractivity contribution in [3.63, 3.8) is 0 Å². The lowest BCUT2D eigenvalue weighted by atomic mass is 9.86. The van der Waals surface area contributed by atoms with Crippen LogP contribution in [0.2, 0.25) is 0 Å². The van der Waals surface area contributed by atoms with Gasteiger partial charge in [0.25, 0.3) is 0 Å². The van der Waals surface area contributed by atoms with E-state index in [2.05, 4.69) is 6.07 Å². The number of hydrogen-bond acceptors (Lipinski definition) is 3. The highest BCUT2D eigenvalue weighted by atomic mass is 16.6. The average Bonchev–Trinajstić information content (AvgIpc) is 2.51. The van der Waals surface area contributed by atoms with Crippen LogP contribution in [0.25, 0.3) is 21.5 Å². The lowest BCUT2D eigenvalue weighted by Gasteiger charge is -2.18. The molecule has 4 nitrogen and oxygen atoms in total. The molecule has 0 heterocycles. The van der Waals surface area contributed by atoms with E-state index in [0.717, 1.165) is 27.1 Å². The highest BCUT2D eigenvalue weighted by molar-refractivity contribution is 6.03. The molecule has 0 aliphatic rings. The minimum Gasteiger partial charge on any atom is -0.300 e. The molecule has 23 heavy (non-hydrogen) atoms. The van der Waals surface area contributed by atoms with Crippen molar-refractivity contribution >= 4 is 27.3 Å². The van der Waals surface area contributed by atoms with Gasteiger partial charge in [0.1, 0.15) is 5.78 Å². The van der Waals surface area contributed by atoms with Gasteiger partial charge >= 0.3 is 0 Å². The standard InChI is InChI=1S/C19H17NO3/c1-13(21)10-16(12-20(22)23)19-17-8-4-2-6-14(17)11-15-7-3-5-9-18(15)19/h2-9,11,16H,10,12H2,1H3/t16-/m1/s1. The quantitative estimate of drug-likeness (QED) is 0.400. The molecule has 1 atom stereocenters. The number of hydrogen-bond donors (Lipinski definition) is 0. The molecular formula is C19H17NO3. The molecule has 3 aromatic carbocycles. The van der Waals surface area contributed by atoms with E-state index >= 15 is 0 Å². The van der Waals surface area contributed by atoms with E-state index in [1.807, 2.05) is 48.5 Å². The number of nitrogens with zero attached hydrogens (tertiary/aromatic N) is 1. The fourth-order valence-corrected chi connectivity index (χ4v) is 3.27. The first-order valence-corrected chi connectivity index (χ1v) is 7.58. The minimum atomic E-state index is -0.418. The zero-order valence-corrected chi connectivity index (χ0v) is 12.9. The largest absolute Gasteiger partial charge is 0.300 e. The zero-order valence-electron chi connectivity index (χ0n) is 12.9. The second-order valence-corrected chi connectivity index (χ2v) is 5.85. The van der Waals surface area contributed by atoms with Crippen LogP contribution in [0.1, 0.15) is 24.8 Å². The highest BCUT2D eigenvalue weighted by Gasteiger charge is 2.24. The molecule has 0 amide bonds. The Hall–Kier alpha value is -2.75. The topological polar surface area (TPSA) is 60.2 Å². The van der Waals surface area contributed by atoms with Gasteiger partial charge in [-0.25, -0.2) is 0 Å². The Balaban J connectivity index is 2.33. The van der Waals surface area contributed by atoms with E-state index in [4.69, 9.17) is 0 Å². The maximum Gasteiger partial charge on any atom is 0.211 e. The van der Waals surface area contributed by atoms with Crippen molar-refractivity contribution in [1.29, 1.82) is 0 Å². The zero-order chi connectivity index (χ0) is 16.4. The second kappa shape index (κ2) is 6.16. The molecule has 4 heteroatoms. The number of fused-ring (bicyclic) bond motifs is 2. The number of carbonyl (C=O) groups is 1. The molecule has 0 N–H and O–H groups in total. The Morgan fingerprint density at radius 1 is 1.04 bits per heavy atom. The molecule has 3 rings (SSSR count). The van der Waals surface area contributed by atoms with Gasteiger partial charge in [-0.05, 0) is 40.1 Å². The van der Waals surface area contributed by atoms with Crippen LogP contribution in [0, 0.1) is 10.1 Å². The van der Waals surface area contributed by atoms with Gasteiger partial charge in [0.15, 0.2) is 0 Å². The van der Waals surface area contributed by atoms with Crippen LogP contribution in [0.15, 0.2) is 54.6 Å². The number of benzene rings is 3. The summed E-state index contributed by atoms with van der Waals surface area (Å²) in [6, 6.07) is 17.8. The van der Waals surface area contributed by atoms with Crippen LogP contribution >= 0.6 is 0 Å². The van der Waals surface area contributed by atoms with Gasteiger partial charge in [-0.3, -0.25) is 10.1 Å². The third-order valence-electron chi connectivity index (χ3n) is 4.12. The van der Waals surface area contributed by atoms with Gasteiger partial charge in [-0.1, -0.05) is 48.5 Å². The first-order chi connectivity index (χ1) is 11.1. The average molecular weight is 307 g/mol. The molecule has 3 aromatic rings. The lowest BCUT2D eigenvalue weighted by Crippen LogP contribution is -2.16. The molecule has 0 aromatic heterocycles. The summed E-state index contributed by atoms with van der Waals surface area (Å²) in [5.41, 5.74) is 0.908. The van der Waals surface area contributed by atoms with Crippen molar-refractivity contribution in [1.82, 2.24) is 0 Å². The number of ketones is 1. The fourth-order valence-electron chi connectivity index (χ4n) is 3.27. The molecule has 0 radical (unpaired) electrons. The summed E-state index contributed by atoms with van der Waals surface area (Å²) < 4.78 is 0. The van der Waals surface area contributed by atoms with E-state index in [-0.39, 0.29) is 23.7 Å². The normalized spacial score (nSPS) is 12.4. The summed E-state index contributed by atoms with van der Waals surface area (Å²) in [5, 5.41) is 15.2. The maximum atomic E-state index is 11.7. The molecule has 0 spiro atoms. The van der Waals surface area contributed by atoms with E-state index < -0.39 is 5.92 Å². The minimum absolute atomic E-state index is 0.0335. The van der Waals surface area contributed by atoms with Crippen molar-refractivity contribution in [3.8, 4) is 0 Å². The summed E-state index contributed by atoms with van der Waals surface area (Å²) in [6.07, 6.45) is 0.180. The molecule has 0 saturated heterocycles. The summed E-state index contributed by atoms with van der Waals surface area (Å²) in [4.78, 5) is 22.5. The van der Waals surface area contributed by atoms with Gasteiger partial charge in [0.2, 0.25) is 6.54 Å². The SMILES string of the molecule is CC(=O)C[C@H](C[N+](=O)[O-])c1c2ccccc2cc2ccccc12. The summed E-state index contributed by atoms with van der Waals surface area (Å²) >= 11 is 0. The number of nitro groups is 1. The fraction of sp³-hybridized carbons (Fsp3) is 0.211. The highest BCUT2D eigenvalue weighted by Crippen LogP contribution is 2.35. The molecule has 0 aliphatic heterocycles. The second-order valence-electron chi connectivity index (χ2n) is 5.85. The molecule has 0 bridgehead atoms. The van der Waals surface area contributed by atoms with Crippen LogP contribution in [0.5, 0.6) is 0 Å². The number of Topliss-reactive ketones (excluding diaryl/α,β-unsaturated/α-hetero) is 1. The Morgan fingerprint density at radius 2 is 1.57 bits per heavy atom. The first-order valence-electron chi connectivity index (χ1n) is 7.58. The van der Waals surface area contributed by atoms with Crippen molar-refractivity contribution in [2.24, 2.45) is 0 Å². The van der Waals surface area contributed by atoms with Crippen molar-refractivity contribution < 1.29 is 9.72 Å². The van der Waals surface area contributed by atoms with Gasteiger partial charge in [-0.2, -0.15) is 0 Å². The summed E-state index contributed by atoms with van der Waals surface area (Å²) in [6.45, 7) is 1.25. The summed E-state index contributed by atoms with van der Waals surface area (Å²) in [5.74, 6) is -0.452. The van der Waals surface area contributed by atoms with Gasteiger partial charge in [-0.15, -0.1) is 0 Å². The summed E-state index contributed by atoms with van der Waals surface area (Å²) in [7, 11) is 0. The van der Waals surface area contributed by atoms with E-state index in [0.29, 0.717) is 0 Å². The van der Waals surface area contributed by atoms with Crippen molar-refractivity contribution in [2.75, 3.05) is 6.54 Å². The molecule has 0 fully saturated rings. The Bertz CT molecular complexity index is 831. The smallest absolute Gasteiger partial charge is 0.211 e. The van der Waals surface area contributed by atoms with Crippen molar-refractivity contribution in [2.45, 2.75) is 19.3 Å². The van der Waals surface area contributed by atoms with Gasteiger partial charge in [0, 0.05) is 11.3 Å². The predicted octanol–water partition coefficient (Wildman–Crippen LogP) is 4.33. The number of rotatable bonds is 5. The maximum absolute atomic E-state index is 11.7. The molecule has 0 unspecified atom stereocenters. The Kier molecular flexibility index (Phi) is 4.06. The van der Waals surface area contributed by atoms with Crippen LogP contribution in [-0.4, -0.2) is 17.3 Å². The third kappa shape index (κ3) is 3.06. The van der Waals surface area contributed by atoms with Gasteiger partial charge < -0.3 is 4.79 Å². The first kappa shape index (κ1) is 15.2. The Morgan fingerprint density at radius 3 is 2.04 bits per heavy atom. The van der Waals surface area contributed by atoms with Crippen molar-refractivity contribution in [3.05, 3.63) is 70.3 Å². The predicted molar refractivity (Wildman–Crippen MR) is 91.4 cm³/mol. The van der Waals surface area contributed by atoms with Crippen LogP contribution < -0.4 is 0 Å². The Labute approximate surface area is 133 Å². The van der Waals surface area contributed by atoms with E-state index in [1.54, 1.807) is 0 Å². The van der Waals surface area contributed by atoms with Crippen LogP contribution in [0.3, 0.4) is 0 Å². The monoisotopic (exact) mass is 307 g/mol. The molecule has 116 valence electrons.